The van der Waals surface area contributed by atoms with Gasteiger partial charge in [-0.05, 0) is 36.5 Å². The number of benzene rings is 1. The van der Waals surface area contributed by atoms with E-state index in [1.165, 1.54) is 12.8 Å². The third kappa shape index (κ3) is 2.12. The average Bonchev–Trinajstić information content (AvgIpc) is 3.01. The first-order valence-electron chi connectivity index (χ1n) is 6.17. The summed E-state index contributed by atoms with van der Waals surface area (Å²) in [5.74, 6) is 2.13. The molecule has 3 heteroatoms. The molecule has 0 spiro atoms. The Morgan fingerprint density at radius 1 is 1.29 bits per heavy atom. The molecule has 2 rings (SSSR count). The fourth-order valence-electron chi connectivity index (χ4n) is 2.54. The van der Waals surface area contributed by atoms with Crippen molar-refractivity contribution in [3.05, 3.63) is 23.8 Å². The molecule has 1 saturated carbocycles. The molecule has 0 bridgehead atoms. The minimum atomic E-state index is -0.143. The number of hydrogen-bond donors (Lipinski definition) is 1. The molecule has 1 fully saturated rings. The van der Waals surface area contributed by atoms with Crippen molar-refractivity contribution in [3.8, 4) is 11.5 Å². The molecule has 2 N–H and O–H groups in total. The van der Waals surface area contributed by atoms with Gasteiger partial charge in [-0.25, -0.2) is 0 Å². The van der Waals surface area contributed by atoms with Gasteiger partial charge in [0.1, 0.15) is 0 Å². The number of rotatable bonds is 5. The molecular weight excluding hydrogens is 214 g/mol. The zero-order valence-electron chi connectivity index (χ0n) is 10.8. The molecule has 1 aromatic rings. The van der Waals surface area contributed by atoms with E-state index in [1.54, 1.807) is 14.2 Å². The van der Waals surface area contributed by atoms with Gasteiger partial charge in [0.2, 0.25) is 0 Å². The van der Waals surface area contributed by atoms with E-state index in [2.05, 4.69) is 13.0 Å². The smallest absolute Gasteiger partial charge is 0.161 e. The van der Waals surface area contributed by atoms with Crippen molar-refractivity contribution in [2.75, 3.05) is 14.2 Å². The van der Waals surface area contributed by atoms with Crippen LogP contribution in [0.15, 0.2) is 18.2 Å². The fraction of sp³-hybridized carbons (Fsp3) is 0.571. The lowest BCUT2D eigenvalue weighted by Gasteiger charge is -2.15. The minimum absolute atomic E-state index is 0.143. The van der Waals surface area contributed by atoms with Crippen molar-refractivity contribution >= 4 is 0 Å². The summed E-state index contributed by atoms with van der Waals surface area (Å²) < 4.78 is 10.5. The monoisotopic (exact) mass is 235 g/mol. The Labute approximate surface area is 103 Å². The van der Waals surface area contributed by atoms with E-state index in [9.17, 15) is 0 Å². The van der Waals surface area contributed by atoms with Gasteiger partial charge >= 0.3 is 0 Å². The van der Waals surface area contributed by atoms with E-state index < -0.39 is 0 Å². The predicted molar refractivity (Wildman–Crippen MR) is 68.4 cm³/mol. The molecule has 1 aromatic carbocycles. The third-order valence-corrected chi connectivity index (χ3v) is 3.71. The highest BCUT2D eigenvalue weighted by Crippen LogP contribution is 2.53. The van der Waals surface area contributed by atoms with Gasteiger partial charge in [0, 0.05) is 5.54 Å². The second-order valence-electron chi connectivity index (χ2n) is 4.80. The van der Waals surface area contributed by atoms with Crippen molar-refractivity contribution in [1.29, 1.82) is 0 Å². The molecule has 0 aliphatic heterocycles. The maximum absolute atomic E-state index is 6.42. The minimum Gasteiger partial charge on any atom is -0.493 e. The van der Waals surface area contributed by atoms with Crippen LogP contribution in [0, 0.1) is 5.92 Å². The number of hydrogen-bond acceptors (Lipinski definition) is 3. The number of ether oxygens (including phenoxy) is 2. The van der Waals surface area contributed by atoms with Crippen molar-refractivity contribution in [2.45, 2.75) is 31.7 Å². The summed E-state index contributed by atoms with van der Waals surface area (Å²) in [7, 11) is 3.30. The second-order valence-corrected chi connectivity index (χ2v) is 4.80. The summed E-state index contributed by atoms with van der Waals surface area (Å²) in [6.45, 7) is 2.20. The molecule has 2 atom stereocenters. The van der Waals surface area contributed by atoms with E-state index in [4.69, 9.17) is 15.2 Å². The van der Waals surface area contributed by atoms with Gasteiger partial charge in [-0.3, -0.25) is 0 Å². The van der Waals surface area contributed by atoms with Gasteiger partial charge in [-0.2, -0.15) is 0 Å². The van der Waals surface area contributed by atoms with E-state index in [-0.39, 0.29) is 5.54 Å². The van der Waals surface area contributed by atoms with Crippen molar-refractivity contribution in [2.24, 2.45) is 11.7 Å². The fourth-order valence-corrected chi connectivity index (χ4v) is 2.54. The summed E-state index contributed by atoms with van der Waals surface area (Å²) >= 11 is 0. The highest BCUT2D eigenvalue weighted by Gasteiger charge is 2.51. The van der Waals surface area contributed by atoms with Gasteiger partial charge in [0.25, 0.3) is 0 Å². The molecule has 0 radical (unpaired) electrons. The quantitative estimate of drug-likeness (QED) is 0.853. The Kier molecular flexibility index (Phi) is 3.29. The Bertz CT molecular complexity index is 405. The van der Waals surface area contributed by atoms with E-state index >= 15 is 0 Å². The lowest BCUT2D eigenvalue weighted by atomic mass is 10.0. The van der Waals surface area contributed by atoms with Crippen LogP contribution >= 0.6 is 0 Å². The van der Waals surface area contributed by atoms with E-state index in [1.807, 2.05) is 12.1 Å². The zero-order valence-corrected chi connectivity index (χ0v) is 10.8. The van der Waals surface area contributed by atoms with Gasteiger partial charge in [0.05, 0.1) is 14.2 Å². The first-order chi connectivity index (χ1) is 8.15. The molecule has 94 valence electrons. The van der Waals surface area contributed by atoms with Gasteiger partial charge < -0.3 is 15.2 Å². The Hall–Kier alpha value is -1.22. The summed E-state index contributed by atoms with van der Waals surface area (Å²) in [6, 6.07) is 6.00. The molecule has 0 heterocycles. The molecule has 1 aliphatic rings. The Morgan fingerprint density at radius 2 is 2.00 bits per heavy atom. The Balaban J connectivity index is 2.23. The maximum atomic E-state index is 6.42. The van der Waals surface area contributed by atoms with Crippen LogP contribution in [0.5, 0.6) is 11.5 Å². The first-order valence-corrected chi connectivity index (χ1v) is 6.17. The third-order valence-electron chi connectivity index (χ3n) is 3.71. The summed E-state index contributed by atoms with van der Waals surface area (Å²) in [5, 5.41) is 0. The largest absolute Gasteiger partial charge is 0.493 e. The van der Waals surface area contributed by atoms with Crippen LogP contribution in [0.25, 0.3) is 0 Å². The average molecular weight is 235 g/mol. The molecule has 0 amide bonds. The van der Waals surface area contributed by atoms with Gasteiger partial charge in [0.15, 0.2) is 11.5 Å². The van der Waals surface area contributed by atoms with Gasteiger partial charge in [-0.1, -0.05) is 19.4 Å². The SMILES string of the molecule is CCCC1CC1(N)c1ccc(OC)c(OC)c1. The van der Waals surface area contributed by atoms with E-state index in [0.29, 0.717) is 5.92 Å². The van der Waals surface area contributed by atoms with E-state index in [0.717, 1.165) is 23.5 Å². The molecular formula is C14H21NO2. The van der Waals surface area contributed by atoms with Crippen LogP contribution in [0.2, 0.25) is 0 Å². The number of nitrogens with two attached hydrogens (primary N) is 1. The van der Waals surface area contributed by atoms with Crippen molar-refractivity contribution < 1.29 is 9.47 Å². The van der Waals surface area contributed by atoms with Gasteiger partial charge in [-0.15, -0.1) is 0 Å². The van der Waals surface area contributed by atoms with Crippen molar-refractivity contribution in [1.82, 2.24) is 0 Å². The summed E-state index contributed by atoms with van der Waals surface area (Å²) in [4.78, 5) is 0. The second kappa shape index (κ2) is 4.57. The Morgan fingerprint density at radius 3 is 2.59 bits per heavy atom. The summed E-state index contributed by atoms with van der Waals surface area (Å²) in [5.41, 5.74) is 7.43. The number of methoxy groups -OCH3 is 2. The van der Waals surface area contributed by atoms with Crippen molar-refractivity contribution in [3.63, 3.8) is 0 Å². The highest BCUT2D eigenvalue weighted by molar-refractivity contribution is 5.46. The van der Waals surface area contributed by atoms with Crippen LogP contribution in [0.4, 0.5) is 0 Å². The topological polar surface area (TPSA) is 44.5 Å². The standard InChI is InChI=1S/C14H21NO2/c1-4-5-11-9-14(11,15)10-6-7-12(16-2)13(8-10)17-3/h6-8,11H,4-5,9,15H2,1-3H3. The van der Waals surface area contributed by atoms with Crippen LogP contribution in [-0.4, -0.2) is 14.2 Å². The lowest BCUT2D eigenvalue weighted by Crippen LogP contribution is -2.22. The van der Waals surface area contributed by atoms with Crippen LogP contribution in [0.3, 0.4) is 0 Å². The molecule has 3 nitrogen and oxygen atoms in total. The highest BCUT2D eigenvalue weighted by atomic mass is 16.5. The molecule has 2 unspecified atom stereocenters. The molecule has 1 aliphatic carbocycles. The van der Waals surface area contributed by atoms with Crippen LogP contribution in [-0.2, 0) is 5.54 Å². The zero-order chi connectivity index (χ0) is 12.5. The summed E-state index contributed by atoms with van der Waals surface area (Å²) in [6.07, 6.45) is 3.47. The predicted octanol–water partition coefficient (Wildman–Crippen LogP) is 2.68. The van der Waals surface area contributed by atoms with Crippen LogP contribution < -0.4 is 15.2 Å². The van der Waals surface area contributed by atoms with Crippen LogP contribution in [0.1, 0.15) is 31.7 Å². The normalized spacial score (nSPS) is 26.7. The first kappa shape index (κ1) is 12.2. The maximum Gasteiger partial charge on any atom is 0.161 e. The molecule has 0 aromatic heterocycles. The molecule has 0 saturated heterocycles. The lowest BCUT2D eigenvalue weighted by molar-refractivity contribution is 0.354. The molecule has 17 heavy (non-hydrogen) atoms.